The molecule has 0 saturated heterocycles. The van der Waals surface area contributed by atoms with Gasteiger partial charge in [-0.25, -0.2) is 0 Å². The Balaban J connectivity index is 0.000000236. The molecule has 0 amide bonds. The average molecular weight is 996 g/mol. The van der Waals surface area contributed by atoms with Gasteiger partial charge < -0.3 is 4.98 Å². The van der Waals surface area contributed by atoms with Gasteiger partial charge >= 0.3 is 154 Å². The third-order valence-electron chi connectivity index (χ3n) is 10.3. The maximum absolute atomic E-state index is 8.71. The molecular weight excluding hydrogens is 929 g/mol. The Kier molecular flexibility index (Phi) is 12.1. The molecule has 299 valence electrons. The Bertz CT molecular complexity index is 2500. The van der Waals surface area contributed by atoms with E-state index < -0.39 is 31.4 Å². The normalized spacial score (nSPS) is 13.9. The summed E-state index contributed by atoms with van der Waals surface area (Å²) in [7, 11) is 0. The largest absolute Gasteiger partial charge is 0.305 e. The van der Waals surface area contributed by atoms with Crippen molar-refractivity contribution in [2.24, 2.45) is 11.3 Å². The fourth-order valence-corrected chi connectivity index (χ4v) is 10.5. The molecule has 0 saturated carbocycles. The molecule has 4 aromatic carbocycles. The predicted octanol–water partition coefficient (Wildman–Crippen LogP) is 13.6. The molecule has 7 rings (SSSR count). The van der Waals surface area contributed by atoms with Crippen molar-refractivity contribution in [3.8, 4) is 44.8 Å². The number of aryl methyl sites for hydroxylation is 2. The van der Waals surface area contributed by atoms with Crippen molar-refractivity contribution in [1.82, 2.24) is 9.97 Å². The van der Waals surface area contributed by atoms with E-state index >= 15 is 0 Å². The van der Waals surface area contributed by atoms with Crippen molar-refractivity contribution in [3.05, 3.63) is 148 Å². The minimum absolute atomic E-state index is 0. The summed E-state index contributed by atoms with van der Waals surface area (Å²) in [6, 6.07) is 36.0. The first-order valence-electron chi connectivity index (χ1n) is 22.1. The summed E-state index contributed by atoms with van der Waals surface area (Å²) in [5, 5.41) is 0. The van der Waals surface area contributed by atoms with Crippen LogP contribution < -0.4 is 4.40 Å². The van der Waals surface area contributed by atoms with Gasteiger partial charge in [0.25, 0.3) is 0 Å². The number of pyridine rings is 2. The number of benzene rings is 4. The van der Waals surface area contributed by atoms with Crippen LogP contribution in [0.1, 0.15) is 99.8 Å². The number of hydrogen-bond donors (Lipinski definition) is 0. The Morgan fingerprint density at radius 1 is 0.807 bits per heavy atom. The third-order valence-corrected chi connectivity index (χ3v) is 14.5. The van der Waals surface area contributed by atoms with E-state index in [1.54, 1.807) is 12.3 Å². The third kappa shape index (κ3) is 10.7. The molecule has 1 aliphatic rings. The minimum Gasteiger partial charge on any atom is -0.305 e. The van der Waals surface area contributed by atoms with E-state index in [1.165, 1.54) is 50.1 Å². The summed E-state index contributed by atoms with van der Waals surface area (Å²) in [5.41, 5.74) is 15.9. The van der Waals surface area contributed by atoms with Gasteiger partial charge in [-0.2, -0.15) is 0 Å². The van der Waals surface area contributed by atoms with Gasteiger partial charge in [0.05, 0.1) is 0 Å². The standard InChI is InChI=1S/C31H30N.C22H32GeN.Ir/c1-20-8-6-9-21(2)30(20)23-12-13-25-24(17-23)18-28-26(25)10-7-11-27(28)29-16-22(14-15-32-29)19-31(3,4)5;1-16(2)13-18-14-21(24-15-20(18)23(6,7)8)17-9-11-19(12-10-17)22(3,4)5;/h6-10,12-17H,18-19H2,1-5H3;9,11-12,14-16H,13H2,1-8H3;/q2*-1;/i19D2;13D2;. The SMILES string of the molecule is [2H]C([2H])(c1cc(-c2[c-]cc(C(C)(C)C)cc2)nc[c]1[Ge]([CH3])([CH3])[CH3])C(C)C.[2H]C([2H])(c1ccnc(-c2[c-]ccc3c2Cc2cc(-c4c(C)cccc4C)ccc2-3)c1)C(C)(C)C.[Ir]. The van der Waals surface area contributed by atoms with Gasteiger partial charge in [-0.05, 0) is 77.2 Å². The van der Waals surface area contributed by atoms with Crippen molar-refractivity contribution in [2.45, 2.75) is 111 Å². The second-order valence-electron chi connectivity index (χ2n) is 18.8. The first-order valence-corrected chi connectivity index (χ1v) is 27.4. The zero-order valence-electron chi connectivity index (χ0n) is 40.2. The van der Waals surface area contributed by atoms with E-state index in [4.69, 9.17) is 5.48 Å². The number of rotatable bonds is 7. The number of fused-ring (bicyclic) bond motifs is 3. The van der Waals surface area contributed by atoms with Gasteiger partial charge in [-0.15, -0.1) is 29.3 Å². The van der Waals surface area contributed by atoms with Crippen LogP contribution in [-0.2, 0) is 44.7 Å². The van der Waals surface area contributed by atoms with Gasteiger partial charge in [-0.3, -0.25) is 0 Å². The van der Waals surface area contributed by atoms with E-state index in [0.717, 1.165) is 38.9 Å². The van der Waals surface area contributed by atoms with Gasteiger partial charge in [0.2, 0.25) is 0 Å². The second kappa shape index (κ2) is 17.7. The molecule has 0 bridgehead atoms. The van der Waals surface area contributed by atoms with Crippen LogP contribution in [0.5, 0.6) is 0 Å². The van der Waals surface area contributed by atoms with Crippen LogP contribution in [0.3, 0.4) is 0 Å². The zero-order chi connectivity index (χ0) is 44.2. The fourth-order valence-electron chi connectivity index (χ4n) is 7.57. The molecule has 0 spiro atoms. The van der Waals surface area contributed by atoms with Gasteiger partial charge in [0.1, 0.15) is 0 Å². The molecule has 0 aliphatic heterocycles. The van der Waals surface area contributed by atoms with E-state index in [-0.39, 0.29) is 31.4 Å². The van der Waals surface area contributed by atoms with Gasteiger partial charge in [0.15, 0.2) is 0 Å². The monoisotopic (exact) mass is 997 g/mol. The van der Waals surface area contributed by atoms with Crippen LogP contribution in [0.2, 0.25) is 17.3 Å². The molecule has 57 heavy (non-hydrogen) atoms. The fraction of sp³-hybridized carbons (Fsp3) is 0.358. The molecule has 0 N–H and O–H groups in total. The van der Waals surface area contributed by atoms with Gasteiger partial charge in [0, 0.05) is 29.0 Å². The Hall–Kier alpha value is -3.63. The van der Waals surface area contributed by atoms with E-state index in [2.05, 4.69) is 129 Å². The summed E-state index contributed by atoms with van der Waals surface area (Å²) in [5.74, 6) is 6.79. The minimum atomic E-state index is -2.24. The molecule has 0 atom stereocenters. The Morgan fingerprint density at radius 2 is 1.53 bits per heavy atom. The summed E-state index contributed by atoms with van der Waals surface area (Å²) in [6.07, 6.45) is 1.65. The molecule has 6 aromatic rings. The van der Waals surface area contributed by atoms with Crippen molar-refractivity contribution in [1.29, 1.82) is 0 Å². The van der Waals surface area contributed by atoms with Crippen molar-refractivity contribution < 1.29 is 25.6 Å². The van der Waals surface area contributed by atoms with Crippen LogP contribution in [0.4, 0.5) is 0 Å². The van der Waals surface area contributed by atoms with Crippen LogP contribution in [0.15, 0.2) is 97.3 Å². The molecular formula is C53H62GeIrN2-2. The summed E-state index contributed by atoms with van der Waals surface area (Å²) >= 11 is -2.24. The zero-order valence-corrected chi connectivity index (χ0v) is 40.7. The molecule has 2 heterocycles. The van der Waals surface area contributed by atoms with Crippen molar-refractivity contribution >= 4 is 17.7 Å². The number of hydrogen-bond acceptors (Lipinski definition) is 2. The van der Waals surface area contributed by atoms with Crippen molar-refractivity contribution in [3.63, 3.8) is 0 Å². The molecule has 0 unspecified atom stereocenters. The Labute approximate surface area is 366 Å². The molecule has 1 radical (unpaired) electrons. The van der Waals surface area contributed by atoms with Gasteiger partial charge in [-0.1, -0.05) is 74.4 Å². The van der Waals surface area contributed by atoms with Crippen LogP contribution >= 0.6 is 0 Å². The molecule has 1 aliphatic carbocycles. The summed E-state index contributed by atoms with van der Waals surface area (Å²) in [4.78, 5) is 9.33. The van der Waals surface area contributed by atoms with Crippen LogP contribution in [0, 0.1) is 37.3 Å². The average Bonchev–Trinajstić information content (AvgIpc) is 3.55. The first kappa shape index (κ1) is 38.9. The quantitative estimate of drug-likeness (QED) is 0.117. The number of nitrogens with zero attached hydrogens (tertiary/aromatic N) is 2. The topological polar surface area (TPSA) is 25.8 Å². The molecule has 0 fully saturated rings. The van der Waals surface area contributed by atoms with E-state index in [1.807, 2.05) is 65.1 Å². The summed E-state index contributed by atoms with van der Waals surface area (Å²) < 4.78 is 35.9. The van der Waals surface area contributed by atoms with Crippen LogP contribution in [-0.4, -0.2) is 23.2 Å². The first-order chi connectivity index (χ1) is 27.8. The van der Waals surface area contributed by atoms with Crippen LogP contribution in [0.25, 0.3) is 44.8 Å². The molecule has 2 nitrogen and oxygen atoms in total. The van der Waals surface area contributed by atoms with Crippen molar-refractivity contribution in [2.75, 3.05) is 0 Å². The second-order valence-corrected chi connectivity index (χ2v) is 29.3. The maximum atomic E-state index is 8.71. The predicted molar refractivity (Wildman–Crippen MR) is 244 cm³/mol. The van der Waals surface area contributed by atoms with E-state index in [0.29, 0.717) is 5.56 Å². The summed E-state index contributed by atoms with van der Waals surface area (Å²) in [6.45, 7) is 20.6. The smallest absolute Gasteiger partial charge is 0.0321 e. The Morgan fingerprint density at radius 3 is 2.14 bits per heavy atom. The molecule has 2 aromatic heterocycles. The maximum Gasteiger partial charge on any atom is 0.0321 e. The molecule has 4 heteroatoms. The number of aromatic nitrogens is 2. The van der Waals surface area contributed by atoms with E-state index in [9.17, 15) is 0 Å².